The molecule has 0 aliphatic carbocycles. The molecule has 148 valence electrons. The molecule has 0 bridgehead atoms. The zero-order valence-corrected chi connectivity index (χ0v) is 16.4. The minimum absolute atomic E-state index is 0.198. The molecule has 0 amide bonds. The van der Waals surface area contributed by atoms with Crippen molar-refractivity contribution >= 4 is 17.0 Å². The Hall–Kier alpha value is -3.33. The standard InChI is InChI=1S/C20H22N8O/c1-3-26-17(15-5-8-21-9-6-15)23-16-18(26)24-20(28-10-4-7-22-28)25-19(16)27-11-12-29-13-14(27)2/h4-10,14H,3,11-13H2,1-2H3. The van der Waals surface area contributed by atoms with Crippen molar-refractivity contribution in [3.05, 3.63) is 43.0 Å². The van der Waals surface area contributed by atoms with Crippen molar-refractivity contribution in [2.24, 2.45) is 0 Å². The van der Waals surface area contributed by atoms with Crippen molar-refractivity contribution in [2.75, 3.05) is 24.7 Å². The first kappa shape index (κ1) is 17.7. The Morgan fingerprint density at radius 3 is 2.72 bits per heavy atom. The van der Waals surface area contributed by atoms with Crippen LogP contribution in [0.3, 0.4) is 0 Å². The van der Waals surface area contributed by atoms with Crippen molar-refractivity contribution in [2.45, 2.75) is 26.4 Å². The van der Waals surface area contributed by atoms with Crippen molar-refractivity contribution in [3.8, 4) is 17.3 Å². The molecular formula is C20H22N8O. The minimum Gasteiger partial charge on any atom is -0.377 e. The summed E-state index contributed by atoms with van der Waals surface area (Å²) in [4.78, 5) is 21.1. The largest absolute Gasteiger partial charge is 0.377 e. The SMILES string of the molecule is CCn1c(-c2ccncc2)nc2c(N3CCOCC3C)nc(-n3cccn3)nc21. The summed E-state index contributed by atoms with van der Waals surface area (Å²) in [6, 6.07) is 5.99. The first-order valence-electron chi connectivity index (χ1n) is 9.79. The third-order valence-electron chi connectivity index (χ3n) is 5.17. The Morgan fingerprint density at radius 2 is 2.00 bits per heavy atom. The molecule has 29 heavy (non-hydrogen) atoms. The molecule has 1 aliphatic rings. The van der Waals surface area contributed by atoms with E-state index in [1.807, 2.05) is 24.4 Å². The summed E-state index contributed by atoms with van der Waals surface area (Å²) in [5.74, 6) is 2.21. The number of pyridine rings is 1. The summed E-state index contributed by atoms with van der Waals surface area (Å²) in [5.41, 5.74) is 2.60. The van der Waals surface area contributed by atoms with E-state index < -0.39 is 0 Å². The van der Waals surface area contributed by atoms with Crippen molar-refractivity contribution in [1.82, 2.24) is 34.3 Å². The van der Waals surface area contributed by atoms with Gasteiger partial charge in [0.2, 0.25) is 0 Å². The van der Waals surface area contributed by atoms with Crippen molar-refractivity contribution in [1.29, 1.82) is 0 Å². The van der Waals surface area contributed by atoms with Crippen LogP contribution >= 0.6 is 0 Å². The maximum absolute atomic E-state index is 5.63. The van der Waals surface area contributed by atoms with Gasteiger partial charge < -0.3 is 14.2 Å². The van der Waals surface area contributed by atoms with Gasteiger partial charge in [0.15, 0.2) is 17.0 Å². The van der Waals surface area contributed by atoms with E-state index in [0.717, 1.165) is 41.5 Å². The Morgan fingerprint density at radius 1 is 1.14 bits per heavy atom. The number of hydrogen-bond donors (Lipinski definition) is 0. The van der Waals surface area contributed by atoms with Gasteiger partial charge in [-0.1, -0.05) is 0 Å². The minimum atomic E-state index is 0.198. The molecule has 9 nitrogen and oxygen atoms in total. The lowest BCUT2D eigenvalue weighted by Crippen LogP contribution is -2.44. The molecule has 5 heterocycles. The van der Waals surface area contributed by atoms with Crippen LogP contribution in [0.4, 0.5) is 5.82 Å². The van der Waals surface area contributed by atoms with Gasteiger partial charge in [-0.25, -0.2) is 9.67 Å². The van der Waals surface area contributed by atoms with Gasteiger partial charge in [0.25, 0.3) is 5.95 Å². The monoisotopic (exact) mass is 390 g/mol. The first-order valence-corrected chi connectivity index (χ1v) is 9.79. The van der Waals surface area contributed by atoms with Crippen LogP contribution in [-0.4, -0.2) is 60.1 Å². The van der Waals surface area contributed by atoms with E-state index >= 15 is 0 Å². The van der Waals surface area contributed by atoms with Crippen LogP contribution in [0.15, 0.2) is 43.0 Å². The molecule has 1 unspecified atom stereocenters. The van der Waals surface area contributed by atoms with Gasteiger partial charge in [0, 0.05) is 43.4 Å². The van der Waals surface area contributed by atoms with Crippen LogP contribution < -0.4 is 4.90 Å². The maximum Gasteiger partial charge on any atom is 0.254 e. The second kappa shape index (κ2) is 7.25. The number of imidazole rings is 1. The Bertz CT molecular complexity index is 1120. The molecule has 0 saturated carbocycles. The van der Waals surface area contributed by atoms with Gasteiger partial charge >= 0.3 is 0 Å². The third-order valence-corrected chi connectivity index (χ3v) is 5.17. The molecular weight excluding hydrogens is 368 g/mol. The van der Waals surface area contributed by atoms with E-state index in [1.54, 1.807) is 23.3 Å². The lowest BCUT2D eigenvalue weighted by molar-refractivity contribution is 0.0986. The zero-order chi connectivity index (χ0) is 19.8. The number of morpholine rings is 1. The molecule has 1 saturated heterocycles. The number of nitrogens with zero attached hydrogens (tertiary/aromatic N) is 8. The summed E-state index contributed by atoms with van der Waals surface area (Å²) in [7, 11) is 0. The van der Waals surface area contributed by atoms with E-state index in [0.29, 0.717) is 19.2 Å². The summed E-state index contributed by atoms with van der Waals surface area (Å²) >= 11 is 0. The van der Waals surface area contributed by atoms with Gasteiger partial charge in [-0.15, -0.1) is 0 Å². The lowest BCUT2D eigenvalue weighted by atomic mass is 10.2. The maximum atomic E-state index is 5.63. The van der Waals surface area contributed by atoms with Crippen LogP contribution in [0.1, 0.15) is 13.8 Å². The number of fused-ring (bicyclic) bond motifs is 1. The van der Waals surface area contributed by atoms with E-state index in [1.165, 1.54) is 0 Å². The van der Waals surface area contributed by atoms with Crippen LogP contribution in [0, 0.1) is 0 Å². The molecule has 0 spiro atoms. The summed E-state index contributed by atoms with van der Waals surface area (Å²) < 4.78 is 9.44. The number of hydrogen-bond acceptors (Lipinski definition) is 7. The molecule has 0 radical (unpaired) electrons. The van der Waals surface area contributed by atoms with E-state index in [-0.39, 0.29) is 6.04 Å². The molecule has 4 aromatic rings. The fraction of sp³-hybridized carbons (Fsp3) is 0.350. The predicted molar refractivity (Wildman–Crippen MR) is 109 cm³/mol. The van der Waals surface area contributed by atoms with Crippen LogP contribution in [0.5, 0.6) is 0 Å². The van der Waals surface area contributed by atoms with Gasteiger partial charge in [-0.3, -0.25) is 4.98 Å². The van der Waals surface area contributed by atoms with Crippen LogP contribution in [-0.2, 0) is 11.3 Å². The fourth-order valence-electron chi connectivity index (χ4n) is 3.73. The smallest absolute Gasteiger partial charge is 0.254 e. The van der Waals surface area contributed by atoms with Gasteiger partial charge in [0.05, 0.1) is 19.3 Å². The highest BCUT2D eigenvalue weighted by atomic mass is 16.5. The second-order valence-corrected chi connectivity index (χ2v) is 7.00. The highest BCUT2D eigenvalue weighted by molar-refractivity contribution is 5.88. The van der Waals surface area contributed by atoms with Gasteiger partial charge in [0.1, 0.15) is 5.82 Å². The molecule has 0 N–H and O–H groups in total. The quantitative estimate of drug-likeness (QED) is 0.528. The van der Waals surface area contributed by atoms with Gasteiger partial charge in [-0.2, -0.15) is 15.1 Å². The highest BCUT2D eigenvalue weighted by Crippen LogP contribution is 2.31. The van der Waals surface area contributed by atoms with Crippen LogP contribution in [0.25, 0.3) is 28.5 Å². The fourth-order valence-corrected chi connectivity index (χ4v) is 3.73. The molecule has 1 aliphatic heterocycles. The molecule has 4 aromatic heterocycles. The average molecular weight is 390 g/mol. The van der Waals surface area contributed by atoms with Crippen LogP contribution in [0.2, 0.25) is 0 Å². The average Bonchev–Trinajstić information content (AvgIpc) is 3.42. The van der Waals surface area contributed by atoms with Crippen molar-refractivity contribution in [3.63, 3.8) is 0 Å². The third kappa shape index (κ3) is 3.03. The number of anilines is 1. The Kier molecular flexibility index (Phi) is 4.44. The molecule has 1 atom stereocenters. The van der Waals surface area contributed by atoms with Crippen molar-refractivity contribution < 1.29 is 4.74 Å². The lowest BCUT2D eigenvalue weighted by Gasteiger charge is -2.34. The summed E-state index contributed by atoms with van der Waals surface area (Å²) in [6.07, 6.45) is 7.13. The first-order chi connectivity index (χ1) is 14.3. The van der Waals surface area contributed by atoms with Gasteiger partial charge in [-0.05, 0) is 32.0 Å². The number of ether oxygens (including phenoxy) is 1. The van der Waals surface area contributed by atoms with E-state index in [2.05, 4.69) is 33.4 Å². The van der Waals surface area contributed by atoms with E-state index in [4.69, 9.17) is 19.7 Å². The number of aromatic nitrogens is 7. The predicted octanol–water partition coefficient (Wildman–Crippen LogP) is 2.32. The molecule has 9 heteroatoms. The topological polar surface area (TPSA) is 86.8 Å². The molecule has 5 rings (SSSR count). The second-order valence-electron chi connectivity index (χ2n) is 7.00. The van der Waals surface area contributed by atoms with E-state index in [9.17, 15) is 0 Å². The zero-order valence-electron chi connectivity index (χ0n) is 16.4. The summed E-state index contributed by atoms with van der Waals surface area (Å²) in [6.45, 7) is 7.06. The molecule has 1 fully saturated rings. The Balaban J connectivity index is 1.78. The number of rotatable bonds is 4. The Labute approximate surface area is 168 Å². The highest BCUT2D eigenvalue weighted by Gasteiger charge is 2.27. The normalized spacial score (nSPS) is 17.2. The molecule has 0 aromatic carbocycles. The summed E-state index contributed by atoms with van der Waals surface area (Å²) in [5, 5.41) is 4.33. The number of aryl methyl sites for hydroxylation is 1.